The molecule has 1 rings (SSSR count). The monoisotopic (exact) mass is 298 g/mol. The van der Waals surface area contributed by atoms with E-state index < -0.39 is 6.10 Å². The lowest BCUT2D eigenvalue weighted by Crippen LogP contribution is -2.40. The molecule has 0 aromatic carbocycles. The molecule has 21 heavy (non-hydrogen) atoms. The maximum absolute atomic E-state index is 11.8. The standard InChI is InChI=1S/C17H34N2O2/c1-2-3-4-8-11-19-17(21)13-16(20)15(18)12-14-9-6-5-7-10-14/h14-16,20H,2-13,18H2,1H3,(H,19,21). The second-order valence-electron chi connectivity index (χ2n) is 6.59. The zero-order valence-electron chi connectivity index (χ0n) is 13.7. The number of rotatable bonds is 10. The van der Waals surface area contributed by atoms with Crippen molar-refractivity contribution in [3.8, 4) is 0 Å². The summed E-state index contributed by atoms with van der Waals surface area (Å²) in [5.41, 5.74) is 6.06. The van der Waals surface area contributed by atoms with Crippen molar-refractivity contribution in [3.05, 3.63) is 0 Å². The van der Waals surface area contributed by atoms with Crippen LogP contribution in [0.3, 0.4) is 0 Å². The summed E-state index contributed by atoms with van der Waals surface area (Å²) >= 11 is 0. The van der Waals surface area contributed by atoms with Crippen LogP contribution < -0.4 is 11.1 Å². The number of hydrogen-bond acceptors (Lipinski definition) is 3. The summed E-state index contributed by atoms with van der Waals surface area (Å²) in [7, 11) is 0. The summed E-state index contributed by atoms with van der Waals surface area (Å²) in [6.07, 6.45) is 11.2. The number of nitrogens with one attached hydrogen (secondary N) is 1. The van der Waals surface area contributed by atoms with Gasteiger partial charge in [-0.1, -0.05) is 58.3 Å². The van der Waals surface area contributed by atoms with E-state index in [1.165, 1.54) is 44.9 Å². The molecule has 124 valence electrons. The summed E-state index contributed by atoms with van der Waals surface area (Å²) in [6.45, 7) is 2.88. The molecule has 0 radical (unpaired) electrons. The van der Waals surface area contributed by atoms with Gasteiger partial charge >= 0.3 is 0 Å². The minimum Gasteiger partial charge on any atom is -0.391 e. The van der Waals surface area contributed by atoms with Gasteiger partial charge in [-0.05, 0) is 18.8 Å². The lowest BCUT2D eigenvalue weighted by atomic mass is 9.83. The number of carbonyl (C=O) groups excluding carboxylic acids is 1. The summed E-state index contributed by atoms with van der Waals surface area (Å²) in [5, 5.41) is 13.0. The number of aliphatic hydroxyl groups excluding tert-OH is 1. The first-order valence-corrected chi connectivity index (χ1v) is 8.83. The lowest BCUT2D eigenvalue weighted by Gasteiger charge is -2.26. The normalized spacial score (nSPS) is 19.2. The smallest absolute Gasteiger partial charge is 0.222 e. The topological polar surface area (TPSA) is 75.3 Å². The summed E-state index contributed by atoms with van der Waals surface area (Å²) in [4.78, 5) is 11.8. The van der Waals surface area contributed by atoms with Gasteiger partial charge in [0.25, 0.3) is 0 Å². The van der Waals surface area contributed by atoms with Crippen LogP contribution >= 0.6 is 0 Å². The minimum absolute atomic E-state index is 0.0712. The van der Waals surface area contributed by atoms with Crippen LogP contribution in [-0.4, -0.2) is 29.7 Å². The predicted molar refractivity (Wildman–Crippen MR) is 86.9 cm³/mol. The molecule has 0 heterocycles. The maximum Gasteiger partial charge on any atom is 0.222 e. The van der Waals surface area contributed by atoms with Crippen molar-refractivity contribution in [2.24, 2.45) is 11.7 Å². The molecule has 0 spiro atoms. The van der Waals surface area contributed by atoms with Crippen LogP contribution in [-0.2, 0) is 4.79 Å². The van der Waals surface area contributed by atoms with E-state index in [0.717, 1.165) is 19.3 Å². The molecule has 0 aliphatic heterocycles. The molecule has 1 amide bonds. The Morgan fingerprint density at radius 1 is 1.24 bits per heavy atom. The molecule has 2 atom stereocenters. The van der Waals surface area contributed by atoms with Crippen LogP contribution in [0.5, 0.6) is 0 Å². The van der Waals surface area contributed by atoms with Crippen molar-refractivity contribution in [1.29, 1.82) is 0 Å². The molecular formula is C17H34N2O2. The predicted octanol–water partition coefficient (Wildman–Crippen LogP) is 2.73. The van der Waals surface area contributed by atoms with Gasteiger partial charge in [-0.2, -0.15) is 0 Å². The van der Waals surface area contributed by atoms with E-state index in [-0.39, 0.29) is 18.4 Å². The quantitative estimate of drug-likeness (QED) is 0.543. The first-order chi connectivity index (χ1) is 10.1. The average Bonchev–Trinajstić information content (AvgIpc) is 2.48. The number of carbonyl (C=O) groups is 1. The number of amides is 1. The van der Waals surface area contributed by atoms with Crippen LogP contribution in [0.25, 0.3) is 0 Å². The van der Waals surface area contributed by atoms with E-state index in [9.17, 15) is 9.90 Å². The second-order valence-corrected chi connectivity index (χ2v) is 6.59. The van der Waals surface area contributed by atoms with Crippen molar-refractivity contribution >= 4 is 5.91 Å². The van der Waals surface area contributed by atoms with Gasteiger partial charge in [0.15, 0.2) is 0 Å². The highest BCUT2D eigenvalue weighted by Gasteiger charge is 2.23. The van der Waals surface area contributed by atoms with Crippen LogP contribution in [0, 0.1) is 5.92 Å². The highest BCUT2D eigenvalue weighted by atomic mass is 16.3. The van der Waals surface area contributed by atoms with Crippen molar-refractivity contribution in [3.63, 3.8) is 0 Å². The van der Waals surface area contributed by atoms with Gasteiger partial charge in [0.2, 0.25) is 5.91 Å². The first kappa shape index (κ1) is 18.4. The van der Waals surface area contributed by atoms with E-state index >= 15 is 0 Å². The molecule has 4 nitrogen and oxygen atoms in total. The Balaban J connectivity index is 2.12. The molecule has 0 bridgehead atoms. The van der Waals surface area contributed by atoms with Gasteiger partial charge in [0.05, 0.1) is 12.5 Å². The van der Waals surface area contributed by atoms with Gasteiger partial charge in [0, 0.05) is 12.6 Å². The van der Waals surface area contributed by atoms with Crippen molar-refractivity contribution in [2.45, 2.75) is 89.7 Å². The Morgan fingerprint density at radius 3 is 2.62 bits per heavy atom. The van der Waals surface area contributed by atoms with Crippen molar-refractivity contribution in [1.82, 2.24) is 5.32 Å². The molecular weight excluding hydrogens is 264 g/mol. The van der Waals surface area contributed by atoms with Crippen LogP contribution in [0.1, 0.15) is 77.6 Å². The maximum atomic E-state index is 11.8. The van der Waals surface area contributed by atoms with E-state index in [4.69, 9.17) is 5.73 Å². The Morgan fingerprint density at radius 2 is 1.95 bits per heavy atom. The van der Waals surface area contributed by atoms with Crippen LogP contribution in [0.15, 0.2) is 0 Å². The highest BCUT2D eigenvalue weighted by Crippen LogP contribution is 2.27. The number of hydrogen-bond donors (Lipinski definition) is 3. The fourth-order valence-corrected chi connectivity index (χ4v) is 3.16. The number of aliphatic hydroxyl groups is 1. The van der Waals surface area contributed by atoms with Gasteiger partial charge in [-0.25, -0.2) is 0 Å². The van der Waals surface area contributed by atoms with E-state index in [2.05, 4.69) is 12.2 Å². The molecule has 0 saturated heterocycles. The van der Waals surface area contributed by atoms with E-state index in [1.54, 1.807) is 0 Å². The lowest BCUT2D eigenvalue weighted by molar-refractivity contribution is -0.123. The molecule has 0 aromatic heterocycles. The molecule has 4 N–H and O–H groups in total. The molecule has 0 aromatic rings. The molecule has 1 aliphatic carbocycles. The average molecular weight is 298 g/mol. The SMILES string of the molecule is CCCCCCNC(=O)CC(O)C(N)CC1CCCCC1. The minimum atomic E-state index is -0.706. The Hall–Kier alpha value is -0.610. The van der Waals surface area contributed by atoms with Crippen molar-refractivity contribution < 1.29 is 9.90 Å². The van der Waals surface area contributed by atoms with E-state index in [0.29, 0.717) is 12.5 Å². The second kappa shape index (κ2) is 11.0. The fraction of sp³-hybridized carbons (Fsp3) is 0.941. The summed E-state index contributed by atoms with van der Waals surface area (Å²) in [5.74, 6) is 0.568. The third-order valence-electron chi connectivity index (χ3n) is 4.57. The highest BCUT2D eigenvalue weighted by molar-refractivity contribution is 5.76. The van der Waals surface area contributed by atoms with Crippen molar-refractivity contribution in [2.75, 3.05) is 6.54 Å². The van der Waals surface area contributed by atoms with Gasteiger partial charge in [-0.3, -0.25) is 4.79 Å². The zero-order chi connectivity index (χ0) is 15.5. The van der Waals surface area contributed by atoms with E-state index in [1.807, 2.05) is 0 Å². The van der Waals surface area contributed by atoms with Crippen LogP contribution in [0.2, 0.25) is 0 Å². The molecule has 4 heteroatoms. The Kier molecular flexibility index (Phi) is 9.68. The zero-order valence-corrected chi connectivity index (χ0v) is 13.7. The Bertz CT molecular complexity index is 278. The molecule has 1 saturated carbocycles. The van der Waals surface area contributed by atoms with Gasteiger partial charge in [-0.15, -0.1) is 0 Å². The number of nitrogens with two attached hydrogens (primary N) is 1. The third-order valence-corrected chi connectivity index (χ3v) is 4.57. The third kappa shape index (κ3) is 8.42. The summed E-state index contributed by atoms with van der Waals surface area (Å²) < 4.78 is 0. The van der Waals surface area contributed by atoms with Gasteiger partial charge in [0.1, 0.15) is 0 Å². The Labute approximate surface area is 129 Å². The molecule has 1 aliphatic rings. The molecule has 1 fully saturated rings. The molecule has 2 unspecified atom stereocenters. The summed E-state index contributed by atoms with van der Waals surface area (Å²) in [6, 6.07) is -0.265. The van der Waals surface area contributed by atoms with Gasteiger partial charge < -0.3 is 16.2 Å². The van der Waals surface area contributed by atoms with Crippen LogP contribution in [0.4, 0.5) is 0 Å². The largest absolute Gasteiger partial charge is 0.391 e. The fourth-order valence-electron chi connectivity index (χ4n) is 3.16. The number of unbranched alkanes of at least 4 members (excludes halogenated alkanes) is 3. The first-order valence-electron chi connectivity index (χ1n) is 8.83.